The number of hydrogen-bond donors (Lipinski definition) is 2. The lowest BCUT2D eigenvalue weighted by Crippen LogP contribution is -2.60. The molecule has 0 unspecified atom stereocenters. The molecule has 0 aliphatic carbocycles. The first kappa shape index (κ1) is 20.5. The molecule has 3 N–H and O–H groups in total. The van der Waals surface area contributed by atoms with Crippen LogP contribution in [0.5, 0.6) is 5.88 Å². The smallest absolute Gasteiger partial charge is 0.275 e. The minimum Gasteiger partial charge on any atom is -0.480 e. The number of pyridine rings is 1. The molecule has 1 amide bonds. The minimum atomic E-state index is -1.67. The van der Waals surface area contributed by atoms with Gasteiger partial charge in [0.15, 0.2) is 16.4 Å². The van der Waals surface area contributed by atoms with Crippen LogP contribution in [0.2, 0.25) is 0 Å². The van der Waals surface area contributed by atoms with E-state index in [9.17, 15) is 4.79 Å². The molecular formula is C19H21FN6O3S. The predicted molar refractivity (Wildman–Crippen MR) is 110 cm³/mol. The summed E-state index contributed by atoms with van der Waals surface area (Å²) in [5, 5.41) is 3.01. The minimum absolute atomic E-state index is 0.0142. The van der Waals surface area contributed by atoms with Crippen molar-refractivity contribution >= 4 is 28.5 Å². The molecule has 9 nitrogen and oxygen atoms in total. The fourth-order valence-electron chi connectivity index (χ4n) is 3.62. The maximum Gasteiger partial charge on any atom is 0.275 e. The number of nitrogens with two attached hydrogens (primary N) is 1. The largest absolute Gasteiger partial charge is 0.480 e. The molecule has 0 bridgehead atoms. The lowest BCUT2D eigenvalue weighted by Gasteiger charge is -2.49. The molecule has 2 aromatic heterocycles. The van der Waals surface area contributed by atoms with Crippen molar-refractivity contribution < 1.29 is 18.7 Å². The van der Waals surface area contributed by atoms with Crippen LogP contribution in [0.1, 0.15) is 29.5 Å². The van der Waals surface area contributed by atoms with E-state index in [1.807, 2.05) is 6.92 Å². The summed E-state index contributed by atoms with van der Waals surface area (Å²) in [5.74, 6) is -0.00856. The van der Waals surface area contributed by atoms with Crippen LogP contribution >= 0.6 is 11.8 Å². The average molecular weight is 432 g/mol. The summed E-state index contributed by atoms with van der Waals surface area (Å²) < 4.78 is 26.8. The van der Waals surface area contributed by atoms with Crippen molar-refractivity contribution in [2.75, 3.05) is 24.8 Å². The molecule has 0 spiro atoms. The van der Waals surface area contributed by atoms with E-state index in [4.69, 9.17) is 15.2 Å². The Bertz CT molecular complexity index is 990. The molecule has 2 aliphatic rings. The highest BCUT2D eigenvalue weighted by molar-refractivity contribution is 8.13. The normalized spacial score (nSPS) is 28.2. The number of hydrogen-bond acceptors (Lipinski definition) is 9. The lowest BCUT2D eigenvalue weighted by atomic mass is 9.75. The van der Waals surface area contributed by atoms with E-state index in [1.54, 1.807) is 12.1 Å². The Morgan fingerprint density at radius 2 is 2.23 bits per heavy atom. The van der Waals surface area contributed by atoms with E-state index < -0.39 is 17.1 Å². The molecule has 0 radical (unpaired) electrons. The Kier molecular flexibility index (Phi) is 5.33. The van der Waals surface area contributed by atoms with E-state index in [1.165, 1.54) is 37.5 Å². The van der Waals surface area contributed by atoms with Gasteiger partial charge in [-0.2, -0.15) is 0 Å². The van der Waals surface area contributed by atoms with Gasteiger partial charge in [0.1, 0.15) is 5.69 Å². The zero-order valence-corrected chi connectivity index (χ0v) is 17.3. The quantitative estimate of drug-likeness (QED) is 0.751. The highest BCUT2D eigenvalue weighted by Crippen LogP contribution is 2.50. The van der Waals surface area contributed by atoms with Gasteiger partial charge < -0.3 is 20.5 Å². The molecule has 0 saturated carbocycles. The topological polar surface area (TPSA) is 125 Å². The second-order valence-corrected chi connectivity index (χ2v) is 8.21. The molecule has 3 atom stereocenters. The Balaban J connectivity index is 1.65. The summed E-state index contributed by atoms with van der Waals surface area (Å²) in [6.07, 6.45) is 4.08. The summed E-state index contributed by atoms with van der Waals surface area (Å²) >= 11 is 1.19. The van der Waals surface area contributed by atoms with E-state index in [-0.39, 0.29) is 35.7 Å². The molecule has 4 heterocycles. The number of methoxy groups -OCH3 is 1. The third-order valence-corrected chi connectivity index (χ3v) is 6.18. The van der Waals surface area contributed by atoms with Crippen molar-refractivity contribution in [3.05, 3.63) is 42.1 Å². The zero-order valence-electron chi connectivity index (χ0n) is 16.5. The van der Waals surface area contributed by atoms with Crippen molar-refractivity contribution in [1.82, 2.24) is 15.0 Å². The third kappa shape index (κ3) is 3.58. The average Bonchev–Trinajstić information content (AvgIpc) is 2.74. The number of rotatable bonds is 4. The van der Waals surface area contributed by atoms with Crippen LogP contribution in [0.25, 0.3) is 0 Å². The number of aromatic nitrogens is 3. The molecule has 1 saturated heterocycles. The second kappa shape index (κ2) is 7.80. The number of carbonyl (C=O) groups is 1. The monoisotopic (exact) mass is 432 g/mol. The number of anilines is 1. The predicted octanol–water partition coefficient (Wildman–Crippen LogP) is 1.91. The number of nitrogens with zero attached hydrogens (tertiary/aromatic N) is 4. The van der Waals surface area contributed by atoms with Crippen LogP contribution in [0.15, 0.2) is 35.7 Å². The summed E-state index contributed by atoms with van der Waals surface area (Å²) in [6.45, 7) is 1.85. The van der Waals surface area contributed by atoms with E-state index in [0.717, 1.165) is 0 Å². The number of thioether (sulfide) groups is 1. The van der Waals surface area contributed by atoms with E-state index in [0.29, 0.717) is 17.3 Å². The van der Waals surface area contributed by atoms with Gasteiger partial charge in [-0.3, -0.25) is 9.78 Å². The molecule has 1 fully saturated rings. The summed E-state index contributed by atoms with van der Waals surface area (Å²) in [4.78, 5) is 29.3. The van der Waals surface area contributed by atoms with Crippen LogP contribution < -0.4 is 15.8 Å². The maximum atomic E-state index is 16.1. The first-order chi connectivity index (χ1) is 14.3. The third-order valence-electron chi connectivity index (χ3n) is 5.19. The molecule has 30 heavy (non-hydrogen) atoms. The Hall–Kier alpha value is -2.79. The van der Waals surface area contributed by atoms with Crippen molar-refractivity contribution in [3.8, 4) is 5.88 Å². The summed E-state index contributed by atoms with van der Waals surface area (Å²) in [5.41, 5.74) is 3.78. The van der Waals surface area contributed by atoms with Gasteiger partial charge in [0.2, 0.25) is 5.88 Å². The van der Waals surface area contributed by atoms with Crippen molar-refractivity contribution in [2.45, 2.75) is 30.7 Å². The number of amides is 1. The standard InChI is InChI=1S/C19H21FN6O3S/c1-11-6-18(20)10-30-17(21)26-19(18,9-29-11)14-5-12(3-4-22-14)25-16(27)13-7-24-15(28-2)8-23-13/h3-5,7-8,11H,6,9-10H2,1-2H3,(H2,21,26)(H,22,25,27)/t11-,18+,19+/m0/s1. The molecule has 158 valence electrons. The van der Waals surface area contributed by atoms with E-state index in [2.05, 4.69) is 25.3 Å². The number of ether oxygens (including phenoxy) is 2. The Morgan fingerprint density at radius 3 is 2.97 bits per heavy atom. The van der Waals surface area contributed by atoms with Gasteiger partial charge in [0.05, 0.1) is 37.9 Å². The van der Waals surface area contributed by atoms with Gasteiger partial charge in [-0.25, -0.2) is 19.4 Å². The van der Waals surface area contributed by atoms with E-state index >= 15 is 4.39 Å². The van der Waals surface area contributed by atoms with Crippen molar-refractivity contribution in [3.63, 3.8) is 0 Å². The molecule has 2 aromatic rings. The molecular weight excluding hydrogens is 411 g/mol. The number of amidine groups is 1. The van der Waals surface area contributed by atoms with Crippen LogP contribution in [0.4, 0.5) is 10.1 Å². The fourth-order valence-corrected chi connectivity index (χ4v) is 4.58. The fraction of sp³-hybridized carbons (Fsp3) is 0.421. The second-order valence-electron chi connectivity index (χ2n) is 7.22. The highest BCUT2D eigenvalue weighted by Gasteiger charge is 2.60. The highest BCUT2D eigenvalue weighted by atomic mass is 32.2. The first-order valence-electron chi connectivity index (χ1n) is 9.28. The number of fused-ring (bicyclic) bond motifs is 1. The maximum absolute atomic E-state index is 16.1. The molecule has 11 heteroatoms. The molecule has 2 aliphatic heterocycles. The van der Waals surface area contributed by atoms with Crippen LogP contribution in [-0.4, -0.2) is 57.3 Å². The molecule has 0 aromatic carbocycles. The number of aliphatic imine (C=N–C) groups is 1. The van der Waals surface area contributed by atoms with Gasteiger partial charge in [0.25, 0.3) is 5.91 Å². The Labute approximate surface area is 176 Å². The van der Waals surface area contributed by atoms with Crippen molar-refractivity contribution in [1.29, 1.82) is 0 Å². The Morgan fingerprint density at radius 1 is 1.40 bits per heavy atom. The summed E-state index contributed by atoms with van der Waals surface area (Å²) in [6, 6.07) is 3.20. The lowest BCUT2D eigenvalue weighted by molar-refractivity contribution is -0.107. The first-order valence-corrected chi connectivity index (χ1v) is 10.3. The van der Waals surface area contributed by atoms with Crippen LogP contribution in [-0.2, 0) is 10.3 Å². The zero-order chi connectivity index (χ0) is 21.4. The number of nitrogens with one attached hydrogen (secondary N) is 1. The summed E-state index contributed by atoms with van der Waals surface area (Å²) in [7, 11) is 1.46. The van der Waals surface area contributed by atoms with Gasteiger partial charge in [0, 0.05) is 24.1 Å². The van der Waals surface area contributed by atoms with Crippen LogP contribution in [0, 0.1) is 0 Å². The van der Waals surface area contributed by atoms with Gasteiger partial charge in [-0.15, -0.1) is 0 Å². The number of halogens is 1. The van der Waals surface area contributed by atoms with Crippen LogP contribution in [0.3, 0.4) is 0 Å². The SMILES string of the molecule is COc1cnc(C(=O)Nc2ccnc([C@]34CO[C@@H](C)C[C@@]3(F)CSC(N)=N4)c2)cn1. The van der Waals surface area contributed by atoms with Crippen molar-refractivity contribution in [2.24, 2.45) is 10.7 Å². The van der Waals surface area contributed by atoms with Gasteiger partial charge >= 0.3 is 0 Å². The number of carbonyl (C=O) groups excluding carboxylic acids is 1. The van der Waals surface area contributed by atoms with Gasteiger partial charge in [-0.1, -0.05) is 11.8 Å². The number of alkyl halides is 1. The molecule has 4 rings (SSSR count). The van der Waals surface area contributed by atoms with Gasteiger partial charge in [-0.05, 0) is 19.1 Å².